The summed E-state index contributed by atoms with van der Waals surface area (Å²) in [6.45, 7) is 2.72. The predicted molar refractivity (Wildman–Crippen MR) is 204 cm³/mol. The Bertz CT molecular complexity index is 2680. The molecule has 3 heteroatoms. The maximum Gasteiger partial charge on any atom is 0.0887 e. The van der Waals surface area contributed by atoms with Crippen LogP contribution in [-0.4, -0.2) is 14.8 Å². The molecule has 0 bridgehead atoms. The third-order valence-corrected chi connectivity index (χ3v) is 9.55. The van der Waals surface area contributed by atoms with E-state index in [1.165, 1.54) is 59.8 Å². The molecule has 0 amide bonds. The van der Waals surface area contributed by atoms with Crippen molar-refractivity contribution in [1.29, 1.82) is 0 Å². The standard InChI is InChI=1S/C45H33N3/c1-2-39(43(32-18-8-4-9-19-32)46-30-31-16-6-3-7-17-31)47-29-28-33-26-27-40-42(44(33)47)41-37-24-14-12-22-35(37)36-23-13-15-25-38(36)45(41)48(40)34-20-10-5-11-21-34/h2-29H,30H2,1H3/b39-2+,46-43?. The van der Waals surface area contributed by atoms with Gasteiger partial charge in [-0.25, -0.2) is 0 Å². The maximum atomic E-state index is 5.31. The highest BCUT2D eigenvalue weighted by molar-refractivity contribution is 6.36. The Morgan fingerprint density at radius 1 is 0.562 bits per heavy atom. The second-order valence-corrected chi connectivity index (χ2v) is 12.3. The summed E-state index contributed by atoms with van der Waals surface area (Å²) in [6.07, 6.45) is 4.42. The highest BCUT2D eigenvalue weighted by Gasteiger charge is 2.23. The molecule has 7 aromatic carbocycles. The first-order valence-electron chi connectivity index (χ1n) is 16.6. The van der Waals surface area contributed by atoms with Crippen LogP contribution < -0.4 is 0 Å². The van der Waals surface area contributed by atoms with Gasteiger partial charge in [-0.05, 0) is 52.9 Å². The first-order chi connectivity index (χ1) is 23.8. The molecule has 228 valence electrons. The van der Waals surface area contributed by atoms with Crippen LogP contribution in [0.25, 0.3) is 65.6 Å². The second-order valence-electron chi connectivity index (χ2n) is 12.3. The van der Waals surface area contributed by atoms with Crippen LogP contribution in [0.4, 0.5) is 0 Å². The number of rotatable bonds is 6. The van der Waals surface area contributed by atoms with Crippen molar-refractivity contribution in [3.63, 3.8) is 0 Å². The molecule has 0 atom stereocenters. The fraction of sp³-hybridized carbons (Fsp3) is 0.0444. The summed E-state index contributed by atoms with van der Waals surface area (Å²) in [5.41, 5.74) is 9.06. The van der Waals surface area contributed by atoms with Gasteiger partial charge in [-0.2, -0.15) is 0 Å². The molecule has 2 heterocycles. The van der Waals surface area contributed by atoms with Crippen LogP contribution in [-0.2, 0) is 6.54 Å². The maximum absolute atomic E-state index is 5.31. The molecule has 0 aliphatic rings. The SMILES string of the molecule is C/C=C(\C(=NCc1ccccc1)c1ccccc1)n1ccc2ccc3c(c4c5ccccc5c5ccccc5c4n3-c3ccccc3)c21. The molecular formula is C45H33N3. The number of hydrogen-bond acceptors (Lipinski definition) is 1. The largest absolute Gasteiger partial charge is 0.314 e. The van der Waals surface area contributed by atoms with Gasteiger partial charge in [-0.3, -0.25) is 4.99 Å². The Labute approximate surface area is 279 Å². The van der Waals surface area contributed by atoms with Gasteiger partial charge in [0.25, 0.3) is 0 Å². The molecule has 0 N–H and O–H groups in total. The monoisotopic (exact) mass is 615 g/mol. The molecule has 0 saturated carbocycles. The normalized spacial score (nSPS) is 12.6. The molecule has 9 rings (SSSR count). The van der Waals surface area contributed by atoms with Crippen molar-refractivity contribution in [2.75, 3.05) is 0 Å². The van der Waals surface area contributed by atoms with E-state index in [-0.39, 0.29) is 0 Å². The highest BCUT2D eigenvalue weighted by atomic mass is 15.0. The lowest BCUT2D eigenvalue weighted by Crippen LogP contribution is -2.11. The molecule has 3 nitrogen and oxygen atoms in total. The quantitative estimate of drug-likeness (QED) is 0.131. The van der Waals surface area contributed by atoms with Crippen LogP contribution in [0.1, 0.15) is 18.1 Å². The highest BCUT2D eigenvalue weighted by Crippen LogP contribution is 2.45. The summed E-state index contributed by atoms with van der Waals surface area (Å²) in [4.78, 5) is 5.31. The number of fused-ring (bicyclic) bond motifs is 10. The smallest absolute Gasteiger partial charge is 0.0887 e. The van der Waals surface area contributed by atoms with Crippen molar-refractivity contribution >= 4 is 65.7 Å². The van der Waals surface area contributed by atoms with Crippen LogP contribution in [0.5, 0.6) is 0 Å². The summed E-state index contributed by atoms with van der Waals surface area (Å²) in [7, 11) is 0. The number of aliphatic imine (C=N–C) groups is 1. The van der Waals surface area contributed by atoms with E-state index >= 15 is 0 Å². The molecule has 0 radical (unpaired) electrons. The first kappa shape index (κ1) is 28.1. The average Bonchev–Trinajstić information content (AvgIpc) is 3.74. The van der Waals surface area contributed by atoms with Crippen molar-refractivity contribution < 1.29 is 0 Å². The fourth-order valence-corrected chi connectivity index (χ4v) is 7.49. The topological polar surface area (TPSA) is 22.2 Å². The lowest BCUT2D eigenvalue weighted by molar-refractivity contribution is 1.06. The van der Waals surface area contributed by atoms with E-state index in [1.54, 1.807) is 0 Å². The van der Waals surface area contributed by atoms with Gasteiger partial charge in [0.2, 0.25) is 0 Å². The van der Waals surface area contributed by atoms with E-state index in [4.69, 9.17) is 4.99 Å². The van der Waals surface area contributed by atoms with E-state index in [0.29, 0.717) is 6.54 Å². The van der Waals surface area contributed by atoms with Crippen molar-refractivity contribution in [3.05, 3.63) is 181 Å². The van der Waals surface area contributed by atoms with Gasteiger partial charge in [0.15, 0.2) is 0 Å². The van der Waals surface area contributed by atoms with Crippen LogP contribution in [0.3, 0.4) is 0 Å². The zero-order chi connectivity index (χ0) is 32.0. The Morgan fingerprint density at radius 3 is 1.88 bits per heavy atom. The lowest BCUT2D eigenvalue weighted by Gasteiger charge is -2.16. The van der Waals surface area contributed by atoms with Gasteiger partial charge in [0.05, 0.1) is 34.5 Å². The zero-order valence-corrected chi connectivity index (χ0v) is 26.7. The fourth-order valence-electron chi connectivity index (χ4n) is 7.49. The Kier molecular flexibility index (Phi) is 6.76. The van der Waals surface area contributed by atoms with Crippen LogP contribution in [0.15, 0.2) is 175 Å². The number of aromatic nitrogens is 2. The first-order valence-corrected chi connectivity index (χ1v) is 16.6. The summed E-state index contributed by atoms with van der Waals surface area (Å²) >= 11 is 0. The van der Waals surface area contributed by atoms with Gasteiger partial charge in [0.1, 0.15) is 0 Å². The molecular weight excluding hydrogens is 583 g/mol. The van der Waals surface area contributed by atoms with Gasteiger partial charge in [-0.1, -0.05) is 140 Å². The van der Waals surface area contributed by atoms with E-state index in [0.717, 1.165) is 22.7 Å². The van der Waals surface area contributed by atoms with E-state index < -0.39 is 0 Å². The van der Waals surface area contributed by atoms with Crippen LogP contribution in [0, 0.1) is 0 Å². The Morgan fingerprint density at radius 2 is 1.17 bits per heavy atom. The summed E-state index contributed by atoms with van der Waals surface area (Å²) in [5, 5.41) is 8.75. The van der Waals surface area contributed by atoms with Crippen molar-refractivity contribution in [1.82, 2.24) is 9.13 Å². The minimum Gasteiger partial charge on any atom is -0.314 e. The third-order valence-electron chi connectivity index (χ3n) is 9.55. The number of hydrogen-bond donors (Lipinski definition) is 0. The number of allylic oxidation sites excluding steroid dienone is 2. The Balaban J connectivity index is 1.42. The molecule has 0 fully saturated rings. The van der Waals surface area contributed by atoms with Gasteiger partial charge >= 0.3 is 0 Å². The minimum atomic E-state index is 0.598. The number of para-hydroxylation sites is 1. The van der Waals surface area contributed by atoms with Gasteiger partial charge < -0.3 is 9.13 Å². The van der Waals surface area contributed by atoms with Crippen molar-refractivity contribution in [2.24, 2.45) is 4.99 Å². The molecule has 9 aromatic rings. The van der Waals surface area contributed by atoms with Crippen molar-refractivity contribution in [3.8, 4) is 5.69 Å². The summed E-state index contributed by atoms with van der Waals surface area (Å²) in [5.74, 6) is 0. The number of nitrogens with zero attached hydrogens (tertiary/aromatic N) is 3. The van der Waals surface area contributed by atoms with Crippen LogP contribution in [0.2, 0.25) is 0 Å². The van der Waals surface area contributed by atoms with Gasteiger partial charge in [-0.15, -0.1) is 0 Å². The molecule has 0 aliphatic carbocycles. The van der Waals surface area contributed by atoms with Crippen molar-refractivity contribution in [2.45, 2.75) is 13.5 Å². The van der Waals surface area contributed by atoms with Crippen LogP contribution >= 0.6 is 0 Å². The molecule has 48 heavy (non-hydrogen) atoms. The molecule has 0 spiro atoms. The average molecular weight is 616 g/mol. The molecule has 0 saturated heterocycles. The third kappa shape index (κ3) is 4.39. The summed E-state index contributed by atoms with van der Waals surface area (Å²) < 4.78 is 4.83. The molecule has 0 unspecified atom stereocenters. The van der Waals surface area contributed by atoms with Gasteiger partial charge in [0, 0.05) is 39.0 Å². The molecule has 0 aliphatic heterocycles. The lowest BCUT2D eigenvalue weighted by atomic mass is 9.96. The second kappa shape index (κ2) is 11.6. The summed E-state index contributed by atoms with van der Waals surface area (Å²) in [6, 6.07) is 56.4. The zero-order valence-electron chi connectivity index (χ0n) is 26.7. The molecule has 2 aromatic heterocycles. The van der Waals surface area contributed by atoms with E-state index in [2.05, 4.69) is 186 Å². The Hall–Kier alpha value is -6.19. The minimum absolute atomic E-state index is 0.598. The van der Waals surface area contributed by atoms with E-state index in [1.807, 2.05) is 0 Å². The van der Waals surface area contributed by atoms with E-state index in [9.17, 15) is 0 Å². The number of benzene rings is 7. The predicted octanol–water partition coefficient (Wildman–Crippen LogP) is 11.6.